The first-order valence-corrected chi connectivity index (χ1v) is 13.8. The van der Waals surface area contributed by atoms with E-state index in [0.717, 1.165) is 71.0 Å². The van der Waals surface area contributed by atoms with E-state index in [1.165, 1.54) is 22.4 Å². The number of ether oxygens (including phenoxy) is 5. The van der Waals surface area contributed by atoms with Gasteiger partial charge in [0.15, 0.2) is 0 Å². The molecule has 1 saturated carbocycles. The van der Waals surface area contributed by atoms with Gasteiger partial charge in [0.2, 0.25) is 0 Å². The molecule has 0 amide bonds. The molecule has 37 heavy (non-hydrogen) atoms. The van der Waals surface area contributed by atoms with Gasteiger partial charge in [-0.1, -0.05) is 30.3 Å². The maximum atomic E-state index is 6.53. The molecule has 5 rings (SSSR count). The highest BCUT2D eigenvalue weighted by Crippen LogP contribution is 2.35. The van der Waals surface area contributed by atoms with Crippen LogP contribution >= 0.6 is 0 Å². The Kier molecular flexibility index (Phi) is 9.34. The summed E-state index contributed by atoms with van der Waals surface area (Å²) in [6.07, 6.45) is 3.74. The van der Waals surface area contributed by atoms with Crippen LogP contribution in [-0.4, -0.2) is 72.4 Å². The average molecular weight is 511 g/mol. The molecular weight excluding hydrogens is 468 g/mol. The number of hydrogen-bond donors (Lipinski definition) is 1. The molecule has 0 aromatic heterocycles. The van der Waals surface area contributed by atoms with Gasteiger partial charge < -0.3 is 33.9 Å². The van der Waals surface area contributed by atoms with Crippen molar-refractivity contribution in [2.24, 2.45) is 5.92 Å². The second-order valence-electron chi connectivity index (χ2n) is 10.5. The highest BCUT2D eigenvalue weighted by molar-refractivity contribution is 5.61. The van der Waals surface area contributed by atoms with Crippen molar-refractivity contribution < 1.29 is 23.7 Å². The van der Waals surface area contributed by atoms with Crippen molar-refractivity contribution in [2.45, 2.75) is 50.6 Å². The number of benzene rings is 2. The number of hydrogen-bond acceptors (Lipinski definition) is 7. The van der Waals surface area contributed by atoms with Crippen LogP contribution in [0.1, 0.15) is 41.9 Å². The summed E-state index contributed by atoms with van der Waals surface area (Å²) in [7, 11) is 3.54. The molecule has 2 aromatic carbocycles. The zero-order valence-electron chi connectivity index (χ0n) is 22.3. The number of anilines is 1. The molecule has 7 nitrogen and oxygen atoms in total. The number of rotatable bonds is 13. The summed E-state index contributed by atoms with van der Waals surface area (Å²) in [5.74, 6) is 1.92. The first kappa shape index (κ1) is 26.4. The molecule has 0 radical (unpaired) electrons. The Morgan fingerprint density at radius 2 is 1.89 bits per heavy atom. The van der Waals surface area contributed by atoms with Crippen LogP contribution in [0.4, 0.5) is 5.69 Å². The molecule has 0 bridgehead atoms. The van der Waals surface area contributed by atoms with Gasteiger partial charge in [0.25, 0.3) is 0 Å². The Labute approximate surface area is 221 Å². The average Bonchev–Trinajstić information content (AvgIpc) is 3.71. The summed E-state index contributed by atoms with van der Waals surface area (Å²) in [4.78, 5) is 2.40. The van der Waals surface area contributed by atoms with Crippen LogP contribution in [0.25, 0.3) is 0 Å². The maximum Gasteiger partial charge on any atom is 0.142 e. The third kappa shape index (κ3) is 7.03. The van der Waals surface area contributed by atoms with E-state index in [1.807, 2.05) is 0 Å². The van der Waals surface area contributed by atoms with Crippen molar-refractivity contribution in [1.29, 1.82) is 0 Å². The number of piperidine rings is 1. The van der Waals surface area contributed by atoms with Crippen molar-refractivity contribution in [3.63, 3.8) is 0 Å². The molecule has 1 saturated heterocycles. The lowest BCUT2D eigenvalue weighted by molar-refractivity contribution is 0.0106. The Balaban J connectivity index is 1.16. The topological polar surface area (TPSA) is 61.4 Å². The van der Waals surface area contributed by atoms with E-state index >= 15 is 0 Å². The molecule has 2 aromatic rings. The Morgan fingerprint density at radius 1 is 1.03 bits per heavy atom. The van der Waals surface area contributed by atoms with Crippen molar-refractivity contribution in [3.8, 4) is 5.75 Å². The minimum atomic E-state index is 0.141. The van der Waals surface area contributed by atoms with Gasteiger partial charge in [-0.05, 0) is 54.6 Å². The van der Waals surface area contributed by atoms with Crippen LogP contribution in [0.2, 0.25) is 0 Å². The fourth-order valence-electron chi connectivity index (χ4n) is 5.50. The lowest BCUT2D eigenvalue weighted by atomic mass is 9.87. The quantitative estimate of drug-likeness (QED) is 0.407. The van der Waals surface area contributed by atoms with Gasteiger partial charge in [0, 0.05) is 45.8 Å². The van der Waals surface area contributed by atoms with Crippen molar-refractivity contribution in [2.75, 3.05) is 65.1 Å². The van der Waals surface area contributed by atoms with E-state index in [9.17, 15) is 0 Å². The minimum absolute atomic E-state index is 0.141. The van der Waals surface area contributed by atoms with Gasteiger partial charge in [0.1, 0.15) is 12.4 Å². The molecule has 0 spiro atoms. The van der Waals surface area contributed by atoms with Crippen LogP contribution in [0.3, 0.4) is 0 Å². The van der Waals surface area contributed by atoms with Gasteiger partial charge in [0.05, 0.1) is 44.3 Å². The molecule has 3 aliphatic rings. The zero-order valence-corrected chi connectivity index (χ0v) is 22.3. The van der Waals surface area contributed by atoms with Crippen molar-refractivity contribution >= 4 is 5.69 Å². The third-order valence-corrected chi connectivity index (χ3v) is 7.82. The highest BCUT2D eigenvalue weighted by atomic mass is 16.5. The molecule has 1 N–H and O–H groups in total. The van der Waals surface area contributed by atoms with Gasteiger partial charge in [-0.15, -0.1) is 0 Å². The van der Waals surface area contributed by atoms with Gasteiger partial charge >= 0.3 is 0 Å². The van der Waals surface area contributed by atoms with Crippen LogP contribution < -0.4 is 15.0 Å². The normalized spacial score (nSPS) is 25.0. The molecule has 2 aliphatic heterocycles. The summed E-state index contributed by atoms with van der Waals surface area (Å²) in [6.45, 7) is 7.30. The molecule has 2 fully saturated rings. The first-order valence-electron chi connectivity index (χ1n) is 13.8. The summed E-state index contributed by atoms with van der Waals surface area (Å²) in [5, 5.41) is 3.53. The van der Waals surface area contributed by atoms with Gasteiger partial charge in [-0.3, -0.25) is 0 Å². The van der Waals surface area contributed by atoms with Crippen LogP contribution in [0.5, 0.6) is 5.75 Å². The van der Waals surface area contributed by atoms with Crippen LogP contribution in [0, 0.1) is 5.92 Å². The Morgan fingerprint density at radius 3 is 2.70 bits per heavy atom. The Bertz CT molecular complexity index is 984. The lowest BCUT2D eigenvalue weighted by Gasteiger charge is -2.33. The van der Waals surface area contributed by atoms with Crippen molar-refractivity contribution in [3.05, 3.63) is 59.2 Å². The summed E-state index contributed by atoms with van der Waals surface area (Å²) in [5.41, 5.74) is 4.92. The molecule has 1 aliphatic carbocycles. The predicted molar refractivity (Wildman–Crippen MR) is 144 cm³/mol. The third-order valence-electron chi connectivity index (χ3n) is 7.82. The standard InChI is InChI=1S/C30H42N2O5/c1-33-14-3-12-32-13-15-36-28-9-6-23(16-27(28)32)20-37-30-18-31-11-10-26(30)24-7-4-22(5-8-24)19-35-21-25-17-29(25)34-2/h4-9,16,25-26,29-31H,3,10-15,17-21H2,1-2H3/t25?,26-,29+,30+/m1/s1. The maximum absolute atomic E-state index is 6.53. The van der Waals surface area contributed by atoms with E-state index in [2.05, 4.69) is 52.7 Å². The molecule has 2 heterocycles. The van der Waals surface area contributed by atoms with E-state index in [-0.39, 0.29) is 6.10 Å². The predicted octanol–water partition coefficient (Wildman–Crippen LogP) is 4.14. The fraction of sp³-hybridized carbons (Fsp3) is 0.600. The van der Waals surface area contributed by atoms with Crippen LogP contribution in [0.15, 0.2) is 42.5 Å². The number of methoxy groups -OCH3 is 2. The van der Waals surface area contributed by atoms with E-state index in [1.54, 1.807) is 14.2 Å². The summed E-state index contributed by atoms with van der Waals surface area (Å²) < 4.78 is 28.9. The van der Waals surface area contributed by atoms with E-state index in [0.29, 0.717) is 31.2 Å². The monoisotopic (exact) mass is 510 g/mol. The molecule has 1 unspecified atom stereocenters. The van der Waals surface area contributed by atoms with Gasteiger partial charge in [-0.2, -0.15) is 0 Å². The number of nitrogens with zero attached hydrogens (tertiary/aromatic N) is 1. The van der Waals surface area contributed by atoms with Crippen molar-refractivity contribution in [1.82, 2.24) is 5.32 Å². The minimum Gasteiger partial charge on any atom is -0.490 e. The summed E-state index contributed by atoms with van der Waals surface area (Å²) >= 11 is 0. The Hall–Kier alpha value is -2.16. The number of nitrogens with one attached hydrogen (secondary N) is 1. The highest BCUT2D eigenvalue weighted by Gasteiger charge is 2.37. The first-order chi connectivity index (χ1) is 18.2. The van der Waals surface area contributed by atoms with E-state index in [4.69, 9.17) is 23.7 Å². The SMILES string of the molecule is COCCCN1CCOc2ccc(CO[C@H]3CNCC[C@@H]3c3ccc(COCC4C[C@@H]4OC)cc3)cc21. The molecule has 202 valence electrons. The smallest absolute Gasteiger partial charge is 0.142 e. The molecule has 7 heteroatoms. The number of fused-ring (bicyclic) bond motifs is 1. The second kappa shape index (κ2) is 13.1. The second-order valence-corrected chi connectivity index (χ2v) is 10.5. The molecular formula is C30H42N2O5. The summed E-state index contributed by atoms with van der Waals surface area (Å²) in [6, 6.07) is 15.4. The molecule has 4 atom stereocenters. The lowest BCUT2D eigenvalue weighted by Crippen LogP contribution is -2.41. The zero-order chi connectivity index (χ0) is 25.5. The fourth-order valence-corrected chi connectivity index (χ4v) is 5.50. The van der Waals surface area contributed by atoms with Gasteiger partial charge in [-0.25, -0.2) is 0 Å². The largest absolute Gasteiger partial charge is 0.490 e. The van der Waals surface area contributed by atoms with E-state index < -0.39 is 0 Å². The van der Waals surface area contributed by atoms with Crippen LogP contribution in [-0.2, 0) is 32.2 Å².